The number of hydrogen-bond donors (Lipinski definition) is 0. The molecule has 0 radical (unpaired) electrons. The second kappa shape index (κ2) is 9.55. The third-order valence-electron chi connectivity index (χ3n) is 8.53. The van der Waals surface area contributed by atoms with Gasteiger partial charge < -0.3 is 23.8 Å². The lowest BCUT2D eigenvalue weighted by Crippen LogP contribution is -2.51. The maximum Gasteiger partial charge on any atom is 0.347 e. The van der Waals surface area contributed by atoms with Crippen LogP contribution in [-0.4, -0.2) is 69.6 Å². The van der Waals surface area contributed by atoms with Gasteiger partial charge in [0.25, 0.3) is 0 Å². The topological polar surface area (TPSA) is 115 Å². The number of amides is 1. The molecule has 4 aliphatic heterocycles. The molecule has 4 aromatic rings. The predicted octanol–water partition coefficient (Wildman–Crippen LogP) is 3.55. The van der Waals surface area contributed by atoms with Crippen LogP contribution in [0.1, 0.15) is 40.3 Å². The standard InChI is InChI=1S/C30H26N6O5/c31-11-18-1-4-26-25(7-18)32-33-36(26)30(37)35-13-23-10-24(35)12-34(23)29(19-2-5-27-21(8-19)14-38-16-40-27)20-3-6-28-22(9-20)15-39-17-41-28/h1-9,23-24,29H,10,12-17H2. The Morgan fingerprint density at radius 1 is 0.902 bits per heavy atom. The van der Waals surface area contributed by atoms with Gasteiger partial charge in [-0.25, -0.2) is 4.79 Å². The molecule has 206 valence electrons. The summed E-state index contributed by atoms with van der Waals surface area (Å²) >= 11 is 0. The molecule has 0 spiro atoms. The average molecular weight is 551 g/mol. The zero-order chi connectivity index (χ0) is 27.5. The van der Waals surface area contributed by atoms with Gasteiger partial charge in [0.2, 0.25) is 0 Å². The van der Waals surface area contributed by atoms with Crippen LogP contribution < -0.4 is 9.47 Å². The van der Waals surface area contributed by atoms with Crippen LogP contribution in [0.4, 0.5) is 4.79 Å². The molecular weight excluding hydrogens is 524 g/mol. The van der Waals surface area contributed by atoms with Crippen LogP contribution in [0.5, 0.6) is 11.5 Å². The summed E-state index contributed by atoms with van der Waals surface area (Å²) in [6, 6.07) is 19.8. The maximum absolute atomic E-state index is 13.7. The number of carbonyl (C=O) groups excluding carboxylic acids is 1. The largest absolute Gasteiger partial charge is 0.467 e. The molecular formula is C30H26N6O5. The summed E-state index contributed by atoms with van der Waals surface area (Å²) in [5.41, 5.74) is 5.98. The Labute approximate surface area is 235 Å². The van der Waals surface area contributed by atoms with Gasteiger partial charge in [0.1, 0.15) is 17.0 Å². The molecule has 1 aromatic heterocycles. The van der Waals surface area contributed by atoms with Crippen LogP contribution in [-0.2, 0) is 22.7 Å². The molecule has 4 aliphatic rings. The Balaban J connectivity index is 1.11. The van der Waals surface area contributed by atoms with Crippen molar-refractivity contribution in [2.24, 2.45) is 0 Å². The molecule has 3 aromatic carbocycles. The van der Waals surface area contributed by atoms with Crippen molar-refractivity contribution >= 4 is 17.1 Å². The first-order valence-corrected chi connectivity index (χ1v) is 13.7. The van der Waals surface area contributed by atoms with E-state index in [1.54, 1.807) is 18.2 Å². The van der Waals surface area contributed by atoms with E-state index in [9.17, 15) is 10.1 Å². The van der Waals surface area contributed by atoms with Crippen LogP contribution in [0, 0.1) is 11.3 Å². The molecule has 0 aliphatic carbocycles. The Bertz CT molecular complexity index is 1670. The Kier molecular flexibility index (Phi) is 5.67. The highest BCUT2D eigenvalue weighted by atomic mass is 16.7. The lowest BCUT2D eigenvalue weighted by atomic mass is 9.93. The van der Waals surface area contributed by atoms with Crippen LogP contribution in [0.2, 0.25) is 0 Å². The molecule has 2 atom stereocenters. The van der Waals surface area contributed by atoms with Gasteiger partial charge in [-0.15, -0.1) is 5.10 Å². The van der Waals surface area contributed by atoms with E-state index >= 15 is 0 Å². The quantitative estimate of drug-likeness (QED) is 0.378. The van der Waals surface area contributed by atoms with E-state index in [-0.39, 0.29) is 37.7 Å². The molecule has 2 fully saturated rings. The van der Waals surface area contributed by atoms with Gasteiger partial charge in [0, 0.05) is 36.3 Å². The fourth-order valence-corrected chi connectivity index (χ4v) is 6.64. The summed E-state index contributed by atoms with van der Waals surface area (Å²) in [6.07, 6.45) is 0.877. The second-order valence-electron chi connectivity index (χ2n) is 10.8. The number of likely N-dealkylation sites (tertiary alicyclic amines) is 2. The Morgan fingerprint density at radius 2 is 1.61 bits per heavy atom. The molecule has 5 heterocycles. The van der Waals surface area contributed by atoms with Crippen molar-refractivity contribution in [3.8, 4) is 17.6 Å². The highest BCUT2D eigenvalue weighted by Gasteiger charge is 2.48. The van der Waals surface area contributed by atoms with Crippen LogP contribution >= 0.6 is 0 Å². The van der Waals surface area contributed by atoms with Crippen molar-refractivity contribution in [1.29, 1.82) is 5.26 Å². The Hall–Kier alpha value is -4.50. The highest BCUT2D eigenvalue weighted by Crippen LogP contribution is 2.42. The van der Waals surface area contributed by atoms with Crippen molar-refractivity contribution in [1.82, 2.24) is 24.8 Å². The number of rotatable bonds is 3. The molecule has 0 N–H and O–H groups in total. The van der Waals surface area contributed by atoms with Gasteiger partial charge in [0.15, 0.2) is 13.6 Å². The van der Waals surface area contributed by atoms with E-state index in [1.165, 1.54) is 4.68 Å². The smallest absolute Gasteiger partial charge is 0.347 e. The molecule has 8 rings (SSSR count). The zero-order valence-corrected chi connectivity index (χ0v) is 22.1. The van der Waals surface area contributed by atoms with Crippen molar-refractivity contribution in [3.63, 3.8) is 0 Å². The van der Waals surface area contributed by atoms with E-state index in [0.29, 0.717) is 36.4 Å². The van der Waals surface area contributed by atoms with Gasteiger partial charge in [-0.2, -0.15) is 9.94 Å². The van der Waals surface area contributed by atoms with Crippen molar-refractivity contribution in [2.45, 2.75) is 37.8 Å². The Morgan fingerprint density at radius 3 is 2.24 bits per heavy atom. The first kappa shape index (κ1) is 24.3. The molecule has 11 heteroatoms. The van der Waals surface area contributed by atoms with E-state index in [1.807, 2.05) is 17.0 Å². The fraction of sp³-hybridized carbons (Fsp3) is 0.333. The number of ether oxygens (including phenoxy) is 4. The fourth-order valence-electron chi connectivity index (χ4n) is 6.64. The van der Waals surface area contributed by atoms with Gasteiger partial charge in [-0.05, 0) is 60.0 Å². The van der Waals surface area contributed by atoms with Crippen LogP contribution in [0.25, 0.3) is 11.0 Å². The number of carbonyl (C=O) groups is 1. The number of benzene rings is 3. The summed E-state index contributed by atoms with van der Waals surface area (Å²) in [5.74, 6) is 1.71. The minimum atomic E-state index is -0.188. The first-order chi connectivity index (χ1) is 20.2. The molecule has 11 nitrogen and oxygen atoms in total. The summed E-state index contributed by atoms with van der Waals surface area (Å²) in [7, 11) is 0. The van der Waals surface area contributed by atoms with Gasteiger partial charge in [-0.1, -0.05) is 17.3 Å². The maximum atomic E-state index is 13.7. The molecule has 2 bridgehead atoms. The zero-order valence-electron chi connectivity index (χ0n) is 22.1. The molecule has 41 heavy (non-hydrogen) atoms. The lowest BCUT2D eigenvalue weighted by molar-refractivity contribution is -0.0165. The van der Waals surface area contributed by atoms with E-state index < -0.39 is 0 Å². The summed E-state index contributed by atoms with van der Waals surface area (Å²) in [6.45, 7) is 2.86. The van der Waals surface area contributed by atoms with E-state index in [2.05, 4.69) is 45.5 Å². The summed E-state index contributed by atoms with van der Waals surface area (Å²) < 4.78 is 23.9. The monoisotopic (exact) mass is 550 g/mol. The van der Waals surface area contributed by atoms with Crippen molar-refractivity contribution in [3.05, 3.63) is 82.4 Å². The second-order valence-corrected chi connectivity index (χ2v) is 10.8. The van der Waals surface area contributed by atoms with Gasteiger partial charge >= 0.3 is 6.03 Å². The van der Waals surface area contributed by atoms with E-state index in [4.69, 9.17) is 18.9 Å². The number of aromatic nitrogens is 3. The molecule has 2 unspecified atom stereocenters. The third kappa shape index (κ3) is 4.02. The normalized spacial score (nSPS) is 21.3. The first-order valence-electron chi connectivity index (χ1n) is 13.7. The third-order valence-corrected chi connectivity index (χ3v) is 8.53. The minimum Gasteiger partial charge on any atom is -0.467 e. The predicted molar refractivity (Wildman–Crippen MR) is 144 cm³/mol. The summed E-state index contributed by atoms with van der Waals surface area (Å²) in [5, 5.41) is 17.5. The number of hydrogen-bond acceptors (Lipinski definition) is 9. The molecule has 2 saturated heterocycles. The van der Waals surface area contributed by atoms with E-state index in [0.717, 1.165) is 46.7 Å². The summed E-state index contributed by atoms with van der Waals surface area (Å²) in [4.78, 5) is 18.1. The van der Waals surface area contributed by atoms with Crippen LogP contribution in [0.3, 0.4) is 0 Å². The van der Waals surface area contributed by atoms with Crippen molar-refractivity contribution in [2.75, 3.05) is 26.7 Å². The minimum absolute atomic E-state index is 0.0293. The number of nitrogens with zero attached hydrogens (tertiary/aromatic N) is 6. The molecule has 1 amide bonds. The average Bonchev–Trinajstić information content (AvgIpc) is 3.75. The van der Waals surface area contributed by atoms with Crippen molar-refractivity contribution < 1.29 is 23.7 Å². The van der Waals surface area contributed by atoms with Gasteiger partial charge in [-0.3, -0.25) is 4.90 Å². The highest BCUT2D eigenvalue weighted by molar-refractivity contribution is 5.88. The molecule has 0 saturated carbocycles. The lowest BCUT2D eigenvalue weighted by Gasteiger charge is -2.39. The van der Waals surface area contributed by atoms with Crippen LogP contribution in [0.15, 0.2) is 54.6 Å². The number of piperazine rings is 1. The SMILES string of the molecule is N#Cc1ccc2c(c1)nnn2C(=O)N1CC2CC1CN2C(c1ccc2c(c1)COCO2)c1ccc2c(c1)COCO2. The van der Waals surface area contributed by atoms with Gasteiger partial charge in [0.05, 0.1) is 36.4 Å². The number of nitriles is 1. The number of fused-ring (bicyclic) bond motifs is 5.